The zero-order valence-corrected chi connectivity index (χ0v) is 23.2. The van der Waals surface area contributed by atoms with Crippen LogP contribution in [0.5, 0.6) is 11.5 Å². The summed E-state index contributed by atoms with van der Waals surface area (Å²) in [4.78, 5) is 24.0. The molecule has 2 N–H and O–H groups in total. The van der Waals surface area contributed by atoms with Gasteiger partial charge in [-0.3, -0.25) is 14.7 Å². The molecule has 212 valence electrons. The summed E-state index contributed by atoms with van der Waals surface area (Å²) in [7, 11) is 1.94. The van der Waals surface area contributed by atoms with Crippen LogP contribution in [0.15, 0.2) is 54.7 Å². The molecule has 6 rings (SSSR count). The molecule has 0 spiro atoms. The molecule has 0 unspecified atom stereocenters. The molecule has 1 aliphatic carbocycles. The molecule has 3 heterocycles. The first kappa shape index (κ1) is 26.3. The Morgan fingerprint density at radius 2 is 1.85 bits per heavy atom. The van der Waals surface area contributed by atoms with Gasteiger partial charge in [-0.05, 0) is 74.6 Å². The molecule has 0 bridgehead atoms. The lowest BCUT2D eigenvalue weighted by Crippen LogP contribution is -2.61. The lowest BCUT2D eigenvalue weighted by atomic mass is 9.96. The molecule has 1 saturated carbocycles. The largest absolute Gasteiger partial charge is 0.457 e. The number of carbonyl (C=O) groups is 1. The summed E-state index contributed by atoms with van der Waals surface area (Å²) < 4.78 is 22.6. The summed E-state index contributed by atoms with van der Waals surface area (Å²) in [5.74, 6) is 1.73. The molecule has 0 radical (unpaired) electrons. The second kappa shape index (κ2) is 10.9. The summed E-state index contributed by atoms with van der Waals surface area (Å²) in [6.45, 7) is 6.00. The van der Waals surface area contributed by atoms with Crippen molar-refractivity contribution in [2.75, 3.05) is 18.4 Å². The quantitative estimate of drug-likeness (QED) is 0.259. The van der Waals surface area contributed by atoms with E-state index < -0.39 is 0 Å². The molecule has 2 aliphatic rings. The zero-order valence-electron chi connectivity index (χ0n) is 23.2. The topological polar surface area (TPSA) is 84.3 Å². The van der Waals surface area contributed by atoms with Crippen LogP contribution in [-0.4, -0.2) is 50.5 Å². The molecular weight excluding hydrogens is 507 g/mol. The summed E-state index contributed by atoms with van der Waals surface area (Å²) >= 11 is 0. The van der Waals surface area contributed by atoms with Crippen LogP contribution >= 0.6 is 0 Å². The van der Waals surface area contributed by atoms with E-state index in [4.69, 9.17) is 9.72 Å². The SMILES string of the molecule is CC(C)N1CC(NC(=O)c2cc(Oc3ccc4c(c3)nc(Nc3ccc(F)c(C5CCCC5)c3)n4C)ccn2)C1.[HH].[HH]. The van der Waals surface area contributed by atoms with Crippen LogP contribution in [0.1, 0.15) is 64.4 Å². The first-order valence-electron chi connectivity index (χ1n) is 14.1. The molecule has 8 nitrogen and oxygen atoms in total. The van der Waals surface area contributed by atoms with Crippen molar-refractivity contribution in [2.45, 2.75) is 57.5 Å². The summed E-state index contributed by atoms with van der Waals surface area (Å²) in [5, 5.41) is 6.41. The normalized spacial score (nSPS) is 16.4. The number of ether oxygens (including phenoxy) is 1. The van der Waals surface area contributed by atoms with Gasteiger partial charge in [0.15, 0.2) is 0 Å². The maximum atomic E-state index is 14.5. The highest BCUT2D eigenvalue weighted by molar-refractivity contribution is 5.93. The number of hydrogen-bond donors (Lipinski definition) is 2. The van der Waals surface area contributed by atoms with E-state index in [0.717, 1.165) is 61.1 Å². The fraction of sp³-hybridized carbons (Fsp3) is 0.387. The molecule has 1 saturated heterocycles. The standard InChI is InChI=1S/C31H35FN6O2.2H2/c1-19(2)38-17-22(18-38)34-30(39)28-16-24(12-13-33-28)40-23-9-11-29-27(15-23)36-31(37(29)3)35-21-8-10-26(32)25(14-21)20-6-4-5-7-20;;/h8-16,19-20,22H,4-7,17-18H2,1-3H3,(H,34,39)(H,35,36);2*1H. The van der Waals surface area contributed by atoms with Crippen LogP contribution in [0.2, 0.25) is 0 Å². The molecule has 40 heavy (non-hydrogen) atoms. The minimum Gasteiger partial charge on any atom is -0.457 e. The van der Waals surface area contributed by atoms with Crippen LogP contribution in [0, 0.1) is 5.82 Å². The van der Waals surface area contributed by atoms with Crippen molar-refractivity contribution in [1.82, 2.24) is 24.8 Å². The van der Waals surface area contributed by atoms with E-state index >= 15 is 0 Å². The molecule has 9 heteroatoms. The fourth-order valence-corrected chi connectivity index (χ4v) is 5.68. The van der Waals surface area contributed by atoms with Gasteiger partial charge in [0.2, 0.25) is 5.95 Å². The van der Waals surface area contributed by atoms with Gasteiger partial charge in [-0.25, -0.2) is 9.37 Å². The first-order valence-corrected chi connectivity index (χ1v) is 14.1. The van der Waals surface area contributed by atoms with Crippen molar-refractivity contribution >= 4 is 28.6 Å². The van der Waals surface area contributed by atoms with E-state index in [1.165, 1.54) is 0 Å². The number of imidazole rings is 1. The smallest absolute Gasteiger partial charge is 0.270 e. The molecule has 2 aromatic carbocycles. The van der Waals surface area contributed by atoms with Gasteiger partial charge in [0.1, 0.15) is 23.0 Å². The number of aryl methyl sites for hydroxylation is 1. The summed E-state index contributed by atoms with van der Waals surface area (Å²) in [5.41, 5.74) is 3.61. The van der Waals surface area contributed by atoms with E-state index in [9.17, 15) is 9.18 Å². The molecule has 2 fully saturated rings. The zero-order chi connectivity index (χ0) is 27.8. The minimum absolute atomic E-state index is 0. The van der Waals surface area contributed by atoms with E-state index in [1.807, 2.05) is 35.9 Å². The van der Waals surface area contributed by atoms with Gasteiger partial charge in [-0.15, -0.1) is 0 Å². The number of anilines is 2. The Kier molecular flexibility index (Phi) is 7.14. The number of aromatic nitrogens is 3. The second-order valence-electron chi connectivity index (χ2n) is 11.2. The Balaban J connectivity index is 0.00000202. The van der Waals surface area contributed by atoms with Crippen LogP contribution in [0.25, 0.3) is 11.0 Å². The summed E-state index contributed by atoms with van der Waals surface area (Å²) in [6.07, 6.45) is 5.97. The molecule has 4 aromatic rings. The van der Waals surface area contributed by atoms with E-state index in [0.29, 0.717) is 29.2 Å². The number of fused-ring (bicyclic) bond motifs is 1. The number of pyridine rings is 1. The number of nitrogens with zero attached hydrogens (tertiary/aromatic N) is 4. The highest BCUT2D eigenvalue weighted by Gasteiger charge is 2.30. The molecule has 1 amide bonds. The van der Waals surface area contributed by atoms with Crippen molar-refractivity contribution in [3.05, 3.63) is 71.8 Å². The highest BCUT2D eigenvalue weighted by atomic mass is 19.1. The third-order valence-electron chi connectivity index (χ3n) is 8.07. The Morgan fingerprint density at radius 1 is 1.07 bits per heavy atom. The van der Waals surface area contributed by atoms with Crippen molar-refractivity contribution in [2.24, 2.45) is 7.05 Å². The van der Waals surface area contributed by atoms with Gasteiger partial charge in [0, 0.05) is 53.0 Å². The van der Waals surface area contributed by atoms with Gasteiger partial charge >= 0.3 is 0 Å². The Morgan fingerprint density at radius 3 is 2.62 bits per heavy atom. The second-order valence-corrected chi connectivity index (χ2v) is 11.2. The van der Waals surface area contributed by atoms with Crippen molar-refractivity contribution in [3.8, 4) is 11.5 Å². The Labute approximate surface area is 236 Å². The summed E-state index contributed by atoms with van der Waals surface area (Å²) in [6, 6.07) is 14.9. The van der Waals surface area contributed by atoms with Gasteiger partial charge in [0.05, 0.1) is 17.1 Å². The Bertz CT molecular complexity index is 1550. The number of hydrogen-bond acceptors (Lipinski definition) is 6. The van der Waals surface area contributed by atoms with Crippen molar-refractivity contribution < 1.29 is 16.8 Å². The number of amides is 1. The average molecular weight is 547 g/mol. The number of rotatable bonds is 8. The van der Waals surface area contributed by atoms with Gasteiger partial charge in [-0.2, -0.15) is 0 Å². The number of halogens is 1. The lowest BCUT2D eigenvalue weighted by molar-refractivity contribution is 0.0710. The number of nitrogens with one attached hydrogen (secondary N) is 2. The fourth-order valence-electron chi connectivity index (χ4n) is 5.68. The third kappa shape index (κ3) is 5.38. The third-order valence-corrected chi connectivity index (χ3v) is 8.07. The lowest BCUT2D eigenvalue weighted by Gasteiger charge is -2.42. The molecule has 1 aliphatic heterocycles. The predicted octanol–water partition coefficient (Wildman–Crippen LogP) is 6.62. The van der Waals surface area contributed by atoms with Crippen molar-refractivity contribution in [1.29, 1.82) is 0 Å². The maximum Gasteiger partial charge on any atom is 0.270 e. The van der Waals surface area contributed by atoms with E-state index in [-0.39, 0.29) is 26.5 Å². The highest BCUT2D eigenvalue weighted by Crippen LogP contribution is 2.37. The van der Waals surface area contributed by atoms with Crippen LogP contribution in [0.4, 0.5) is 16.0 Å². The minimum atomic E-state index is -0.202. The molecular formula is C31H39FN6O2. The maximum absolute atomic E-state index is 14.5. The van der Waals surface area contributed by atoms with Crippen LogP contribution in [0.3, 0.4) is 0 Å². The van der Waals surface area contributed by atoms with Crippen LogP contribution in [-0.2, 0) is 7.05 Å². The van der Waals surface area contributed by atoms with Crippen LogP contribution < -0.4 is 15.4 Å². The number of likely N-dealkylation sites (tertiary alicyclic amines) is 1. The molecule has 0 atom stereocenters. The van der Waals surface area contributed by atoms with E-state index in [2.05, 4.69) is 34.4 Å². The van der Waals surface area contributed by atoms with E-state index in [1.54, 1.807) is 30.5 Å². The molecule has 2 aromatic heterocycles. The number of carbonyl (C=O) groups excluding carboxylic acids is 1. The monoisotopic (exact) mass is 546 g/mol. The average Bonchev–Trinajstić information content (AvgIpc) is 3.55. The van der Waals surface area contributed by atoms with Gasteiger partial charge in [-0.1, -0.05) is 12.8 Å². The van der Waals surface area contributed by atoms with Crippen molar-refractivity contribution in [3.63, 3.8) is 0 Å². The predicted molar refractivity (Wildman–Crippen MR) is 158 cm³/mol. The first-order chi connectivity index (χ1) is 19.3. The van der Waals surface area contributed by atoms with Gasteiger partial charge in [0.25, 0.3) is 5.91 Å². The number of benzene rings is 2. The van der Waals surface area contributed by atoms with Gasteiger partial charge < -0.3 is 19.9 Å². The Hall–Kier alpha value is -3.98.